The van der Waals surface area contributed by atoms with E-state index in [4.69, 9.17) is 20.4 Å². The van der Waals surface area contributed by atoms with Crippen LogP contribution in [-0.4, -0.2) is 56.4 Å². The summed E-state index contributed by atoms with van der Waals surface area (Å²) in [5, 5.41) is 44.1. The van der Waals surface area contributed by atoms with Crippen LogP contribution in [0.4, 0.5) is 0 Å². The van der Waals surface area contributed by atoms with Crippen molar-refractivity contribution in [3.8, 4) is 0 Å². The van der Waals surface area contributed by atoms with Gasteiger partial charge in [-0.15, -0.1) is 0 Å². The minimum Gasteiger partial charge on any atom is -0.394 e. The van der Waals surface area contributed by atoms with E-state index >= 15 is 0 Å². The molecular formula is C6H12O6. The van der Waals surface area contributed by atoms with Crippen molar-refractivity contribution in [3.63, 3.8) is 0 Å². The topological polar surface area (TPSA) is 114 Å². The SMILES string of the molecule is OCC(O)CC1(O)OC1(O)CO. The highest BCUT2D eigenvalue weighted by Gasteiger charge is 2.69. The highest BCUT2D eigenvalue weighted by Crippen LogP contribution is 2.46. The molecule has 6 nitrogen and oxygen atoms in total. The zero-order valence-electron chi connectivity index (χ0n) is 6.34. The molecule has 1 saturated heterocycles. The van der Waals surface area contributed by atoms with Crippen LogP contribution in [0.25, 0.3) is 0 Å². The lowest BCUT2D eigenvalue weighted by atomic mass is 10.1. The number of epoxide rings is 1. The van der Waals surface area contributed by atoms with Crippen molar-refractivity contribution < 1.29 is 30.3 Å². The molecule has 1 aliphatic rings. The van der Waals surface area contributed by atoms with Crippen LogP contribution < -0.4 is 0 Å². The Morgan fingerprint density at radius 1 is 1.17 bits per heavy atom. The molecule has 0 radical (unpaired) electrons. The summed E-state index contributed by atoms with van der Waals surface area (Å²) in [4.78, 5) is 0. The fourth-order valence-electron chi connectivity index (χ4n) is 0.995. The lowest BCUT2D eigenvalue weighted by molar-refractivity contribution is -0.0439. The van der Waals surface area contributed by atoms with Gasteiger partial charge in [-0.05, 0) is 0 Å². The van der Waals surface area contributed by atoms with Gasteiger partial charge >= 0.3 is 0 Å². The molecule has 1 fully saturated rings. The highest BCUT2D eigenvalue weighted by molar-refractivity contribution is 5.01. The molecule has 0 spiro atoms. The Balaban J connectivity index is 2.45. The molecule has 0 aromatic carbocycles. The molecule has 3 atom stereocenters. The van der Waals surface area contributed by atoms with Gasteiger partial charge in [0.1, 0.15) is 6.61 Å². The first-order valence-corrected chi connectivity index (χ1v) is 3.52. The summed E-state index contributed by atoms with van der Waals surface area (Å²) in [6.07, 6.45) is -1.50. The average molecular weight is 180 g/mol. The molecule has 0 aromatic rings. The lowest BCUT2D eigenvalue weighted by Crippen LogP contribution is -2.33. The Bertz CT molecular complexity index is 173. The Kier molecular flexibility index (Phi) is 2.39. The summed E-state index contributed by atoms with van der Waals surface area (Å²) in [7, 11) is 0. The summed E-state index contributed by atoms with van der Waals surface area (Å²) in [6, 6.07) is 0. The largest absolute Gasteiger partial charge is 0.394 e. The van der Waals surface area contributed by atoms with Crippen LogP contribution in [0.15, 0.2) is 0 Å². The van der Waals surface area contributed by atoms with E-state index in [1.54, 1.807) is 0 Å². The molecule has 1 rings (SSSR count). The van der Waals surface area contributed by atoms with Crippen LogP contribution >= 0.6 is 0 Å². The van der Waals surface area contributed by atoms with Gasteiger partial charge in [0.15, 0.2) is 0 Å². The maximum absolute atomic E-state index is 9.25. The molecule has 0 aromatic heterocycles. The number of aliphatic hydroxyl groups is 5. The van der Waals surface area contributed by atoms with Gasteiger partial charge < -0.3 is 30.3 Å². The molecule has 3 unspecified atom stereocenters. The number of aliphatic hydroxyl groups excluding tert-OH is 3. The van der Waals surface area contributed by atoms with E-state index in [-0.39, 0.29) is 6.42 Å². The summed E-state index contributed by atoms with van der Waals surface area (Å²) < 4.78 is 4.40. The smallest absolute Gasteiger partial charge is 0.247 e. The Hall–Kier alpha value is -0.240. The molecule has 0 aliphatic carbocycles. The predicted molar refractivity (Wildman–Crippen MR) is 35.8 cm³/mol. The number of rotatable bonds is 4. The van der Waals surface area contributed by atoms with E-state index in [1.807, 2.05) is 0 Å². The Labute approximate surface area is 68.6 Å². The molecule has 6 heteroatoms. The standard InChI is InChI=1S/C6H12O6/c7-2-4(9)1-5(10)6(11,3-8)12-5/h4,7-11H,1-3H2. The van der Waals surface area contributed by atoms with E-state index in [0.29, 0.717) is 0 Å². The second kappa shape index (κ2) is 2.91. The third-order valence-corrected chi connectivity index (χ3v) is 1.84. The average Bonchev–Trinajstić information content (AvgIpc) is 2.55. The molecule has 72 valence electrons. The number of ether oxygens (including phenoxy) is 1. The molecule has 0 saturated carbocycles. The van der Waals surface area contributed by atoms with Gasteiger partial charge in [-0.2, -0.15) is 0 Å². The second-order valence-corrected chi connectivity index (χ2v) is 2.87. The third kappa shape index (κ3) is 1.45. The summed E-state index contributed by atoms with van der Waals surface area (Å²) >= 11 is 0. The highest BCUT2D eigenvalue weighted by atomic mass is 16.8. The summed E-state index contributed by atoms with van der Waals surface area (Å²) in [5.74, 6) is -3.91. The van der Waals surface area contributed by atoms with E-state index in [0.717, 1.165) is 0 Å². The van der Waals surface area contributed by atoms with E-state index < -0.39 is 30.9 Å². The Morgan fingerprint density at radius 2 is 1.75 bits per heavy atom. The summed E-state index contributed by atoms with van der Waals surface area (Å²) in [5.41, 5.74) is 0. The molecule has 0 amide bonds. The molecule has 1 aliphatic heterocycles. The van der Waals surface area contributed by atoms with Crippen molar-refractivity contribution in [2.24, 2.45) is 0 Å². The molecule has 5 N–H and O–H groups in total. The van der Waals surface area contributed by atoms with Crippen LogP contribution in [-0.2, 0) is 4.74 Å². The van der Waals surface area contributed by atoms with Crippen molar-refractivity contribution >= 4 is 0 Å². The van der Waals surface area contributed by atoms with Crippen molar-refractivity contribution in [1.82, 2.24) is 0 Å². The molecule has 12 heavy (non-hydrogen) atoms. The predicted octanol–water partition coefficient (Wildman–Crippen LogP) is -2.87. The maximum atomic E-state index is 9.25. The minimum atomic E-state index is -1.98. The van der Waals surface area contributed by atoms with Gasteiger partial charge in [0.2, 0.25) is 11.6 Å². The molecule has 0 bridgehead atoms. The first kappa shape index (κ1) is 9.85. The van der Waals surface area contributed by atoms with Crippen LogP contribution in [0.3, 0.4) is 0 Å². The van der Waals surface area contributed by atoms with Crippen LogP contribution in [0.2, 0.25) is 0 Å². The lowest BCUT2D eigenvalue weighted by Gasteiger charge is -2.11. The van der Waals surface area contributed by atoms with Crippen LogP contribution in [0.5, 0.6) is 0 Å². The van der Waals surface area contributed by atoms with Gasteiger partial charge in [0.05, 0.1) is 12.7 Å². The van der Waals surface area contributed by atoms with Crippen molar-refractivity contribution in [1.29, 1.82) is 0 Å². The first-order valence-electron chi connectivity index (χ1n) is 3.52. The monoisotopic (exact) mass is 180 g/mol. The van der Waals surface area contributed by atoms with E-state index in [2.05, 4.69) is 4.74 Å². The van der Waals surface area contributed by atoms with Crippen molar-refractivity contribution in [3.05, 3.63) is 0 Å². The van der Waals surface area contributed by atoms with Crippen molar-refractivity contribution in [2.75, 3.05) is 13.2 Å². The molecular weight excluding hydrogens is 168 g/mol. The zero-order chi connectivity index (χ0) is 9.41. The van der Waals surface area contributed by atoms with Gasteiger partial charge in [-0.1, -0.05) is 0 Å². The minimum absolute atomic E-state index is 0.333. The third-order valence-electron chi connectivity index (χ3n) is 1.84. The van der Waals surface area contributed by atoms with Crippen LogP contribution in [0, 0.1) is 0 Å². The summed E-state index contributed by atoms with van der Waals surface area (Å²) in [6.45, 7) is -1.28. The fourth-order valence-corrected chi connectivity index (χ4v) is 0.995. The van der Waals surface area contributed by atoms with Crippen LogP contribution in [0.1, 0.15) is 6.42 Å². The normalized spacial score (nSPS) is 42.8. The quantitative estimate of drug-likeness (QED) is 0.297. The fraction of sp³-hybridized carbons (Fsp3) is 1.00. The number of hydrogen-bond acceptors (Lipinski definition) is 6. The zero-order valence-corrected chi connectivity index (χ0v) is 6.34. The Morgan fingerprint density at radius 3 is 2.08 bits per heavy atom. The second-order valence-electron chi connectivity index (χ2n) is 2.87. The number of hydrogen-bond donors (Lipinski definition) is 5. The van der Waals surface area contributed by atoms with Gasteiger partial charge in [0, 0.05) is 6.42 Å². The van der Waals surface area contributed by atoms with Crippen molar-refractivity contribution in [2.45, 2.75) is 24.1 Å². The first-order chi connectivity index (χ1) is 5.47. The van der Waals surface area contributed by atoms with E-state index in [1.165, 1.54) is 0 Å². The van der Waals surface area contributed by atoms with E-state index in [9.17, 15) is 5.11 Å². The van der Waals surface area contributed by atoms with Gasteiger partial charge in [0.25, 0.3) is 0 Å². The maximum Gasteiger partial charge on any atom is 0.247 e. The molecule has 1 heterocycles. The van der Waals surface area contributed by atoms with Gasteiger partial charge in [-0.25, -0.2) is 0 Å². The van der Waals surface area contributed by atoms with Gasteiger partial charge in [-0.3, -0.25) is 0 Å².